The number of piperazine rings is 1. The Labute approximate surface area is 131 Å². The number of hydrogen-bond donors (Lipinski definition) is 1. The fourth-order valence-electron chi connectivity index (χ4n) is 4.01. The molecule has 1 heterocycles. The van der Waals surface area contributed by atoms with E-state index in [1.807, 2.05) is 6.07 Å². The maximum atomic E-state index is 11.1. The molecule has 3 rings (SSSR count). The summed E-state index contributed by atoms with van der Waals surface area (Å²) in [4.78, 5) is 13.4. The lowest BCUT2D eigenvalue weighted by atomic mass is 9.80. The highest BCUT2D eigenvalue weighted by molar-refractivity contribution is 5.36. The van der Waals surface area contributed by atoms with Crippen molar-refractivity contribution < 1.29 is 4.92 Å². The molecule has 1 saturated carbocycles. The maximum absolute atomic E-state index is 11.1. The van der Waals surface area contributed by atoms with E-state index in [1.54, 1.807) is 12.1 Å². The van der Waals surface area contributed by atoms with Crippen LogP contribution < -0.4 is 5.32 Å². The number of nitrogens with zero attached hydrogens (tertiary/aromatic N) is 2. The fraction of sp³-hybridized carbons (Fsp3) is 0.647. The fourth-order valence-corrected chi connectivity index (χ4v) is 4.01. The maximum Gasteiger partial charge on any atom is 0.269 e. The van der Waals surface area contributed by atoms with Crippen LogP contribution in [0.2, 0.25) is 0 Å². The molecule has 2 fully saturated rings. The Morgan fingerprint density at radius 1 is 1.18 bits per heavy atom. The molecule has 0 radical (unpaired) electrons. The van der Waals surface area contributed by atoms with E-state index in [2.05, 4.69) is 16.3 Å². The van der Waals surface area contributed by atoms with Gasteiger partial charge in [-0.05, 0) is 24.3 Å². The molecule has 1 saturated heterocycles. The van der Waals surface area contributed by atoms with E-state index >= 15 is 0 Å². The van der Waals surface area contributed by atoms with Crippen LogP contribution in [0.25, 0.3) is 0 Å². The molecule has 0 spiro atoms. The predicted molar refractivity (Wildman–Crippen MR) is 86.9 cm³/mol. The second kappa shape index (κ2) is 7.20. The molecule has 5 nitrogen and oxygen atoms in total. The lowest BCUT2D eigenvalue weighted by Gasteiger charge is -2.41. The van der Waals surface area contributed by atoms with E-state index < -0.39 is 0 Å². The standard InChI is InChI=1S/C17H25N3O2/c21-20(22)16-8-4-7-15(13-16)17(14-5-2-1-3-6-14)19-11-9-18-10-12-19/h4,7-8,13-14,17-18H,1-3,5-6,9-12H2/t17-/m0/s1. The molecule has 1 aliphatic carbocycles. The summed E-state index contributed by atoms with van der Waals surface area (Å²) in [6.07, 6.45) is 6.42. The zero-order valence-electron chi connectivity index (χ0n) is 13.0. The zero-order chi connectivity index (χ0) is 15.4. The number of non-ortho nitro benzene ring substituents is 1. The van der Waals surface area contributed by atoms with Crippen molar-refractivity contribution in [3.63, 3.8) is 0 Å². The smallest absolute Gasteiger partial charge is 0.269 e. The third kappa shape index (κ3) is 3.47. The van der Waals surface area contributed by atoms with Gasteiger partial charge in [0.2, 0.25) is 0 Å². The number of benzene rings is 1. The van der Waals surface area contributed by atoms with Gasteiger partial charge in [0.1, 0.15) is 0 Å². The molecule has 5 heteroatoms. The number of nitro benzene ring substituents is 1. The Balaban J connectivity index is 1.89. The van der Waals surface area contributed by atoms with Gasteiger partial charge in [0, 0.05) is 44.4 Å². The molecule has 120 valence electrons. The molecule has 0 amide bonds. The van der Waals surface area contributed by atoms with Crippen LogP contribution >= 0.6 is 0 Å². The van der Waals surface area contributed by atoms with Crippen LogP contribution in [0.1, 0.15) is 43.7 Å². The summed E-state index contributed by atoms with van der Waals surface area (Å²) >= 11 is 0. The first-order chi connectivity index (χ1) is 10.8. The van der Waals surface area contributed by atoms with E-state index in [4.69, 9.17) is 0 Å². The number of rotatable bonds is 4. The highest BCUT2D eigenvalue weighted by Gasteiger charge is 2.31. The van der Waals surface area contributed by atoms with Crippen molar-refractivity contribution in [3.05, 3.63) is 39.9 Å². The summed E-state index contributed by atoms with van der Waals surface area (Å²) in [7, 11) is 0. The van der Waals surface area contributed by atoms with Crippen molar-refractivity contribution in [2.45, 2.75) is 38.1 Å². The van der Waals surface area contributed by atoms with Gasteiger partial charge >= 0.3 is 0 Å². The predicted octanol–water partition coefficient (Wildman–Crippen LogP) is 3.12. The first kappa shape index (κ1) is 15.4. The number of nitro groups is 1. The van der Waals surface area contributed by atoms with Gasteiger partial charge in [0.05, 0.1) is 4.92 Å². The molecule has 1 atom stereocenters. The Kier molecular flexibility index (Phi) is 5.05. The van der Waals surface area contributed by atoms with Crippen LogP contribution in [0, 0.1) is 16.0 Å². The monoisotopic (exact) mass is 303 g/mol. The summed E-state index contributed by atoms with van der Waals surface area (Å²) in [5.41, 5.74) is 1.34. The Hall–Kier alpha value is -1.46. The van der Waals surface area contributed by atoms with E-state index in [1.165, 1.54) is 32.1 Å². The Morgan fingerprint density at radius 3 is 2.59 bits per heavy atom. The summed E-state index contributed by atoms with van der Waals surface area (Å²) in [6, 6.07) is 7.64. The van der Waals surface area contributed by atoms with E-state index in [9.17, 15) is 10.1 Å². The molecule has 2 aliphatic rings. The highest BCUT2D eigenvalue weighted by atomic mass is 16.6. The molecule has 1 N–H and O–H groups in total. The average molecular weight is 303 g/mol. The SMILES string of the molecule is O=[N+]([O-])c1cccc([C@H](C2CCCCC2)N2CCNCC2)c1. The van der Waals surface area contributed by atoms with Crippen molar-refractivity contribution >= 4 is 5.69 Å². The molecular weight excluding hydrogens is 278 g/mol. The lowest BCUT2D eigenvalue weighted by Crippen LogP contribution is -2.47. The third-order valence-electron chi connectivity index (χ3n) is 5.06. The topological polar surface area (TPSA) is 58.4 Å². The summed E-state index contributed by atoms with van der Waals surface area (Å²) < 4.78 is 0. The number of nitrogens with one attached hydrogen (secondary N) is 1. The average Bonchev–Trinajstić information content (AvgIpc) is 2.57. The van der Waals surface area contributed by atoms with Crippen molar-refractivity contribution in [1.29, 1.82) is 0 Å². The van der Waals surface area contributed by atoms with Gasteiger partial charge in [-0.3, -0.25) is 15.0 Å². The van der Waals surface area contributed by atoms with Gasteiger partial charge in [-0.1, -0.05) is 31.4 Å². The first-order valence-electron chi connectivity index (χ1n) is 8.45. The van der Waals surface area contributed by atoms with Gasteiger partial charge in [0.25, 0.3) is 5.69 Å². The van der Waals surface area contributed by atoms with E-state index in [0.717, 1.165) is 31.7 Å². The number of hydrogen-bond acceptors (Lipinski definition) is 4. The molecular formula is C17H25N3O2. The second-order valence-corrected chi connectivity index (χ2v) is 6.48. The third-order valence-corrected chi connectivity index (χ3v) is 5.06. The molecule has 1 aromatic carbocycles. The second-order valence-electron chi connectivity index (χ2n) is 6.48. The first-order valence-corrected chi connectivity index (χ1v) is 8.45. The Morgan fingerprint density at radius 2 is 1.91 bits per heavy atom. The lowest BCUT2D eigenvalue weighted by molar-refractivity contribution is -0.385. The summed E-state index contributed by atoms with van der Waals surface area (Å²) in [6.45, 7) is 4.09. The van der Waals surface area contributed by atoms with Crippen LogP contribution in [0.5, 0.6) is 0 Å². The van der Waals surface area contributed by atoms with Gasteiger partial charge in [-0.25, -0.2) is 0 Å². The van der Waals surface area contributed by atoms with Gasteiger partial charge < -0.3 is 5.32 Å². The van der Waals surface area contributed by atoms with E-state index in [0.29, 0.717) is 12.0 Å². The molecule has 0 bridgehead atoms. The van der Waals surface area contributed by atoms with Gasteiger partial charge in [-0.15, -0.1) is 0 Å². The van der Waals surface area contributed by atoms with Crippen LogP contribution in [0.4, 0.5) is 5.69 Å². The van der Waals surface area contributed by atoms with Crippen molar-refractivity contribution in [2.24, 2.45) is 5.92 Å². The normalized spacial score (nSPS) is 22.4. The minimum Gasteiger partial charge on any atom is -0.314 e. The minimum absolute atomic E-state index is 0.216. The Bertz CT molecular complexity index is 490. The largest absolute Gasteiger partial charge is 0.314 e. The van der Waals surface area contributed by atoms with Crippen molar-refractivity contribution in [3.8, 4) is 0 Å². The minimum atomic E-state index is -0.279. The van der Waals surface area contributed by atoms with E-state index in [-0.39, 0.29) is 10.6 Å². The highest BCUT2D eigenvalue weighted by Crippen LogP contribution is 2.39. The van der Waals surface area contributed by atoms with Gasteiger partial charge in [-0.2, -0.15) is 0 Å². The van der Waals surface area contributed by atoms with Crippen LogP contribution in [0.3, 0.4) is 0 Å². The molecule has 22 heavy (non-hydrogen) atoms. The quantitative estimate of drug-likeness (QED) is 0.686. The summed E-state index contributed by atoms with van der Waals surface area (Å²) in [5.74, 6) is 0.633. The van der Waals surface area contributed by atoms with Crippen LogP contribution in [-0.4, -0.2) is 36.0 Å². The van der Waals surface area contributed by atoms with Gasteiger partial charge in [0.15, 0.2) is 0 Å². The van der Waals surface area contributed by atoms with Crippen molar-refractivity contribution in [1.82, 2.24) is 10.2 Å². The van der Waals surface area contributed by atoms with Crippen LogP contribution in [-0.2, 0) is 0 Å². The summed E-state index contributed by atoms with van der Waals surface area (Å²) in [5, 5.41) is 14.5. The molecule has 1 aromatic rings. The van der Waals surface area contributed by atoms with Crippen molar-refractivity contribution in [2.75, 3.05) is 26.2 Å². The van der Waals surface area contributed by atoms with Crippen LogP contribution in [0.15, 0.2) is 24.3 Å². The molecule has 0 aromatic heterocycles. The molecule has 1 aliphatic heterocycles. The zero-order valence-corrected chi connectivity index (χ0v) is 13.0. The molecule has 0 unspecified atom stereocenters.